The van der Waals surface area contributed by atoms with Gasteiger partial charge in [0.15, 0.2) is 0 Å². The van der Waals surface area contributed by atoms with Gasteiger partial charge in [-0.2, -0.15) is 0 Å². The summed E-state index contributed by atoms with van der Waals surface area (Å²) in [6.07, 6.45) is 0.750. The monoisotopic (exact) mass is 271 g/mol. The second-order valence-electron chi connectivity index (χ2n) is 5.51. The van der Waals surface area contributed by atoms with E-state index in [-0.39, 0.29) is 18.9 Å². The van der Waals surface area contributed by atoms with E-state index >= 15 is 0 Å². The molecule has 1 fully saturated rings. The Balaban J connectivity index is 2.51. The molecule has 1 heterocycles. The van der Waals surface area contributed by atoms with Gasteiger partial charge in [0.2, 0.25) is 0 Å². The largest absolute Gasteiger partial charge is 0.379 e. The predicted molar refractivity (Wildman–Crippen MR) is 66.7 cm³/mol. The molecule has 6 heteroatoms. The summed E-state index contributed by atoms with van der Waals surface area (Å²) in [6.45, 7) is 7.63. The zero-order chi connectivity index (χ0) is 14.6. The summed E-state index contributed by atoms with van der Waals surface area (Å²) in [4.78, 5) is 39.6. The van der Waals surface area contributed by atoms with Gasteiger partial charge in [-0.25, -0.2) is 4.79 Å². The molecule has 1 rings (SSSR count). The van der Waals surface area contributed by atoms with Gasteiger partial charge in [-0.1, -0.05) is 0 Å². The maximum absolute atomic E-state index is 12.0. The van der Waals surface area contributed by atoms with Gasteiger partial charge in [0.05, 0.1) is 11.5 Å². The molecule has 6 nitrogen and oxygen atoms in total. The maximum Gasteiger partial charge on any atom is 0.338 e. The minimum Gasteiger partial charge on any atom is -0.379 e. The van der Waals surface area contributed by atoms with Crippen molar-refractivity contribution in [3.05, 3.63) is 0 Å². The fourth-order valence-corrected chi connectivity index (χ4v) is 1.52. The molecular weight excluding hydrogens is 250 g/mol. The fraction of sp³-hybridized carbons (Fsp3) is 0.769. The summed E-state index contributed by atoms with van der Waals surface area (Å²) in [7, 11) is 0. The highest BCUT2D eigenvalue weighted by Crippen LogP contribution is 2.24. The molecule has 1 aliphatic rings. The number of imide groups is 1. The standard InChI is InChI=1S/C13H21NO5/c1-9(2)18-8-7-13(3,4)12(17)19-14-10(15)5-6-11(14)16/h9H,5-8H2,1-4H3. The van der Waals surface area contributed by atoms with Crippen molar-refractivity contribution in [2.45, 2.75) is 53.1 Å². The Hall–Kier alpha value is -1.43. The topological polar surface area (TPSA) is 72.9 Å². The first kappa shape index (κ1) is 15.6. The fourth-order valence-electron chi connectivity index (χ4n) is 1.52. The number of ether oxygens (including phenoxy) is 1. The lowest BCUT2D eigenvalue weighted by atomic mass is 9.90. The zero-order valence-corrected chi connectivity index (χ0v) is 11.9. The van der Waals surface area contributed by atoms with Crippen LogP contribution in [0.5, 0.6) is 0 Å². The Morgan fingerprint density at radius 3 is 2.26 bits per heavy atom. The van der Waals surface area contributed by atoms with Crippen LogP contribution in [-0.4, -0.2) is 35.6 Å². The van der Waals surface area contributed by atoms with Crippen LogP contribution < -0.4 is 0 Å². The third-order valence-electron chi connectivity index (χ3n) is 2.91. The van der Waals surface area contributed by atoms with Crippen LogP contribution in [0.25, 0.3) is 0 Å². The number of carbonyl (C=O) groups is 3. The van der Waals surface area contributed by atoms with Crippen molar-refractivity contribution < 1.29 is 24.0 Å². The average Bonchev–Trinajstić information content (AvgIpc) is 2.59. The molecule has 0 N–H and O–H groups in total. The van der Waals surface area contributed by atoms with E-state index in [0.29, 0.717) is 18.1 Å². The van der Waals surface area contributed by atoms with E-state index in [0.717, 1.165) is 0 Å². The van der Waals surface area contributed by atoms with Crippen molar-refractivity contribution in [2.75, 3.05) is 6.61 Å². The number of hydroxylamine groups is 2. The first-order chi connectivity index (χ1) is 8.74. The third-order valence-corrected chi connectivity index (χ3v) is 2.91. The number of rotatable bonds is 6. The van der Waals surface area contributed by atoms with E-state index in [9.17, 15) is 14.4 Å². The van der Waals surface area contributed by atoms with E-state index in [1.165, 1.54) is 0 Å². The van der Waals surface area contributed by atoms with E-state index in [2.05, 4.69) is 0 Å². The van der Waals surface area contributed by atoms with Crippen LogP contribution in [0.3, 0.4) is 0 Å². The molecule has 19 heavy (non-hydrogen) atoms. The molecule has 0 spiro atoms. The van der Waals surface area contributed by atoms with Crippen LogP contribution >= 0.6 is 0 Å². The molecule has 0 aromatic heterocycles. The van der Waals surface area contributed by atoms with Crippen molar-refractivity contribution in [3.8, 4) is 0 Å². The normalized spacial score (nSPS) is 16.4. The Labute approximate surface area is 113 Å². The number of carbonyl (C=O) groups excluding carboxylic acids is 3. The molecule has 0 unspecified atom stereocenters. The zero-order valence-electron chi connectivity index (χ0n) is 11.9. The molecule has 2 amide bonds. The van der Waals surface area contributed by atoms with Gasteiger partial charge in [-0.3, -0.25) is 9.59 Å². The summed E-state index contributed by atoms with van der Waals surface area (Å²) in [6, 6.07) is 0. The van der Waals surface area contributed by atoms with Crippen molar-refractivity contribution in [3.63, 3.8) is 0 Å². The predicted octanol–water partition coefficient (Wildman–Crippen LogP) is 1.43. The Morgan fingerprint density at radius 1 is 1.26 bits per heavy atom. The van der Waals surface area contributed by atoms with Gasteiger partial charge in [-0.15, -0.1) is 5.06 Å². The van der Waals surface area contributed by atoms with E-state index in [1.54, 1.807) is 13.8 Å². The van der Waals surface area contributed by atoms with Gasteiger partial charge in [0, 0.05) is 19.4 Å². The highest BCUT2D eigenvalue weighted by molar-refractivity contribution is 6.01. The van der Waals surface area contributed by atoms with E-state index in [4.69, 9.17) is 9.57 Å². The molecule has 0 aromatic rings. The first-order valence-electron chi connectivity index (χ1n) is 6.44. The number of nitrogens with zero attached hydrogens (tertiary/aromatic N) is 1. The van der Waals surface area contributed by atoms with Crippen LogP contribution in [-0.2, 0) is 24.0 Å². The van der Waals surface area contributed by atoms with Crippen LogP contribution in [0, 0.1) is 5.41 Å². The lowest BCUT2D eigenvalue weighted by Crippen LogP contribution is -2.38. The smallest absolute Gasteiger partial charge is 0.338 e. The van der Waals surface area contributed by atoms with Gasteiger partial charge < -0.3 is 9.57 Å². The molecule has 0 aromatic carbocycles. The number of hydrogen-bond donors (Lipinski definition) is 0. The average molecular weight is 271 g/mol. The molecule has 108 valence electrons. The van der Waals surface area contributed by atoms with Crippen molar-refractivity contribution in [1.82, 2.24) is 5.06 Å². The molecular formula is C13H21NO5. The Morgan fingerprint density at radius 2 is 1.79 bits per heavy atom. The number of hydrogen-bond acceptors (Lipinski definition) is 5. The SMILES string of the molecule is CC(C)OCCC(C)(C)C(=O)ON1C(=O)CCC1=O. The summed E-state index contributed by atoms with van der Waals surface area (Å²) >= 11 is 0. The molecule has 0 saturated carbocycles. The summed E-state index contributed by atoms with van der Waals surface area (Å²) in [5.41, 5.74) is -0.808. The molecule has 1 aliphatic heterocycles. The molecule has 0 aliphatic carbocycles. The van der Waals surface area contributed by atoms with Crippen molar-refractivity contribution in [2.24, 2.45) is 5.41 Å². The molecule has 1 saturated heterocycles. The van der Waals surface area contributed by atoms with Gasteiger partial charge in [0.1, 0.15) is 0 Å². The minimum absolute atomic E-state index is 0.0913. The number of amides is 2. The van der Waals surface area contributed by atoms with E-state index < -0.39 is 23.2 Å². The second kappa shape index (κ2) is 6.14. The second-order valence-corrected chi connectivity index (χ2v) is 5.51. The van der Waals surface area contributed by atoms with Gasteiger partial charge in [0.25, 0.3) is 11.8 Å². The quantitative estimate of drug-likeness (QED) is 0.683. The highest BCUT2D eigenvalue weighted by Gasteiger charge is 2.37. The third kappa shape index (κ3) is 4.31. The summed E-state index contributed by atoms with van der Waals surface area (Å²) < 4.78 is 5.38. The minimum atomic E-state index is -0.808. The van der Waals surface area contributed by atoms with Gasteiger partial charge in [-0.05, 0) is 34.1 Å². The molecule has 0 bridgehead atoms. The Kier molecular flexibility index (Phi) is 5.05. The van der Waals surface area contributed by atoms with Crippen molar-refractivity contribution >= 4 is 17.8 Å². The van der Waals surface area contributed by atoms with Crippen LogP contribution in [0.4, 0.5) is 0 Å². The van der Waals surface area contributed by atoms with Gasteiger partial charge >= 0.3 is 5.97 Å². The summed E-state index contributed by atoms with van der Waals surface area (Å²) in [5.74, 6) is -1.52. The molecule has 0 radical (unpaired) electrons. The van der Waals surface area contributed by atoms with Crippen LogP contribution in [0.1, 0.15) is 47.0 Å². The van der Waals surface area contributed by atoms with Crippen molar-refractivity contribution in [1.29, 1.82) is 0 Å². The first-order valence-corrected chi connectivity index (χ1v) is 6.44. The lowest BCUT2D eigenvalue weighted by molar-refractivity contribution is -0.204. The highest BCUT2D eigenvalue weighted by atomic mass is 16.7. The van der Waals surface area contributed by atoms with Crippen LogP contribution in [0.15, 0.2) is 0 Å². The van der Waals surface area contributed by atoms with E-state index in [1.807, 2.05) is 13.8 Å². The molecule has 0 atom stereocenters. The Bertz CT molecular complexity index is 359. The van der Waals surface area contributed by atoms with Crippen LogP contribution in [0.2, 0.25) is 0 Å². The maximum atomic E-state index is 12.0. The summed E-state index contributed by atoms with van der Waals surface area (Å²) in [5, 5.41) is 0.577. The lowest BCUT2D eigenvalue weighted by Gasteiger charge is -2.24.